The number of nitrogens with one attached hydrogen (secondary N) is 2. The molecule has 0 aromatic heterocycles. The van der Waals surface area contributed by atoms with Gasteiger partial charge in [0.15, 0.2) is 0 Å². The number of hydrogen-bond donors (Lipinski definition) is 3. The standard InChI is InChI=1S/C13H19N3O2/c1-8(2)15-13(18)9(3)16-11-6-4-10(5-7-11)12(14)17/h4-9,16H,1-3H3,(H2,14,17)(H,15,18). The van der Waals surface area contributed by atoms with Gasteiger partial charge in [0.1, 0.15) is 6.04 Å². The summed E-state index contributed by atoms with van der Waals surface area (Å²) in [7, 11) is 0. The lowest BCUT2D eigenvalue weighted by Crippen LogP contribution is -2.40. The Hall–Kier alpha value is -2.04. The van der Waals surface area contributed by atoms with Gasteiger partial charge in [0.25, 0.3) is 0 Å². The molecule has 0 heterocycles. The molecular formula is C13H19N3O2. The van der Waals surface area contributed by atoms with Crippen LogP contribution in [-0.4, -0.2) is 23.9 Å². The molecule has 0 radical (unpaired) electrons. The van der Waals surface area contributed by atoms with Gasteiger partial charge in [0.05, 0.1) is 0 Å². The van der Waals surface area contributed by atoms with Crippen LogP contribution in [0.25, 0.3) is 0 Å². The zero-order valence-corrected chi connectivity index (χ0v) is 10.9. The molecule has 1 rings (SSSR count). The van der Waals surface area contributed by atoms with Crippen molar-refractivity contribution >= 4 is 17.5 Å². The molecule has 1 aromatic rings. The first kappa shape index (κ1) is 14.0. The molecule has 98 valence electrons. The van der Waals surface area contributed by atoms with E-state index in [1.807, 2.05) is 13.8 Å². The van der Waals surface area contributed by atoms with E-state index in [2.05, 4.69) is 10.6 Å². The minimum atomic E-state index is -0.466. The van der Waals surface area contributed by atoms with Crippen LogP contribution in [0.15, 0.2) is 24.3 Å². The van der Waals surface area contributed by atoms with Gasteiger partial charge in [-0.2, -0.15) is 0 Å². The van der Waals surface area contributed by atoms with Crippen molar-refractivity contribution in [3.63, 3.8) is 0 Å². The monoisotopic (exact) mass is 249 g/mol. The highest BCUT2D eigenvalue weighted by molar-refractivity contribution is 5.93. The lowest BCUT2D eigenvalue weighted by molar-refractivity contribution is -0.122. The third kappa shape index (κ3) is 4.08. The molecular weight excluding hydrogens is 230 g/mol. The first-order chi connectivity index (χ1) is 8.40. The average molecular weight is 249 g/mol. The minimum absolute atomic E-state index is 0.0658. The van der Waals surface area contributed by atoms with Crippen LogP contribution in [0.1, 0.15) is 31.1 Å². The molecule has 0 bridgehead atoms. The van der Waals surface area contributed by atoms with Gasteiger partial charge in [0.2, 0.25) is 11.8 Å². The van der Waals surface area contributed by atoms with Crippen molar-refractivity contribution in [2.75, 3.05) is 5.32 Å². The maximum atomic E-state index is 11.7. The normalized spacial score (nSPS) is 12.0. The van der Waals surface area contributed by atoms with E-state index in [-0.39, 0.29) is 18.0 Å². The molecule has 1 aromatic carbocycles. The number of nitrogens with two attached hydrogens (primary N) is 1. The summed E-state index contributed by atoms with van der Waals surface area (Å²) >= 11 is 0. The molecule has 4 N–H and O–H groups in total. The number of hydrogen-bond acceptors (Lipinski definition) is 3. The van der Waals surface area contributed by atoms with Crippen molar-refractivity contribution in [2.45, 2.75) is 32.9 Å². The van der Waals surface area contributed by atoms with E-state index in [0.717, 1.165) is 5.69 Å². The van der Waals surface area contributed by atoms with E-state index < -0.39 is 5.91 Å². The van der Waals surface area contributed by atoms with Gasteiger partial charge in [0, 0.05) is 17.3 Å². The van der Waals surface area contributed by atoms with Crippen LogP contribution >= 0.6 is 0 Å². The molecule has 1 atom stereocenters. The quantitative estimate of drug-likeness (QED) is 0.731. The number of anilines is 1. The van der Waals surface area contributed by atoms with Crippen molar-refractivity contribution in [1.82, 2.24) is 5.32 Å². The van der Waals surface area contributed by atoms with Crippen molar-refractivity contribution in [2.24, 2.45) is 5.73 Å². The van der Waals surface area contributed by atoms with Gasteiger partial charge < -0.3 is 16.4 Å². The van der Waals surface area contributed by atoms with Crippen LogP contribution in [0.4, 0.5) is 5.69 Å². The van der Waals surface area contributed by atoms with Crippen LogP contribution in [0.2, 0.25) is 0 Å². The molecule has 2 amide bonds. The van der Waals surface area contributed by atoms with E-state index in [1.54, 1.807) is 31.2 Å². The molecule has 0 aliphatic carbocycles. The second-order valence-electron chi connectivity index (χ2n) is 4.47. The first-order valence-electron chi connectivity index (χ1n) is 5.87. The van der Waals surface area contributed by atoms with E-state index in [0.29, 0.717) is 5.56 Å². The highest BCUT2D eigenvalue weighted by Gasteiger charge is 2.13. The number of benzene rings is 1. The van der Waals surface area contributed by atoms with Gasteiger partial charge in [-0.25, -0.2) is 0 Å². The Morgan fingerprint density at radius 3 is 2.11 bits per heavy atom. The summed E-state index contributed by atoms with van der Waals surface area (Å²) in [5.41, 5.74) is 6.36. The van der Waals surface area contributed by atoms with E-state index in [9.17, 15) is 9.59 Å². The molecule has 0 saturated carbocycles. The fourth-order valence-corrected chi connectivity index (χ4v) is 1.46. The van der Waals surface area contributed by atoms with Crippen molar-refractivity contribution in [1.29, 1.82) is 0 Å². The minimum Gasteiger partial charge on any atom is -0.374 e. The van der Waals surface area contributed by atoms with Crippen molar-refractivity contribution in [3.05, 3.63) is 29.8 Å². The lowest BCUT2D eigenvalue weighted by Gasteiger charge is -2.17. The number of primary amides is 1. The summed E-state index contributed by atoms with van der Waals surface area (Å²) in [6.45, 7) is 5.60. The Labute approximate surface area is 107 Å². The maximum absolute atomic E-state index is 11.7. The number of carbonyl (C=O) groups excluding carboxylic acids is 2. The highest BCUT2D eigenvalue weighted by Crippen LogP contribution is 2.10. The van der Waals surface area contributed by atoms with E-state index in [4.69, 9.17) is 5.73 Å². The second kappa shape index (κ2) is 6.05. The first-order valence-corrected chi connectivity index (χ1v) is 5.87. The molecule has 0 saturated heterocycles. The van der Waals surface area contributed by atoms with E-state index in [1.165, 1.54) is 0 Å². The number of amides is 2. The van der Waals surface area contributed by atoms with Gasteiger partial charge in [-0.15, -0.1) is 0 Å². The smallest absolute Gasteiger partial charge is 0.248 e. The SMILES string of the molecule is CC(C)NC(=O)C(C)Nc1ccc(C(N)=O)cc1. The zero-order chi connectivity index (χ0) is 13.7. The third-order valence-electron chi connectivity index (χ3n) is 2.38. The summed E-state index contributed by atoms with van der Waals surface area (Å²) in [5.74, 6) is -0.531. The van der Waals surface area contributed by atoms with Crippen LogP contribution < -0.4 is 16.4 Å². The Morgan fingerprint density at radius 2 is 1.67 bits per heavy atom. The van der Waals surface area contributed by atoms with Gasteiger partial charge in [-0.3, -0.25) is 9.59 Å². The Balaban J connectivity index is 2.61. The molecule has 1 unspecified atom stereocenters. The maximum Gasteiger partial charge on any atom is 0.248 e. The van der Waals surface area contributed by atoms with Crippen LogP contribution in [0, 0.1) is 0 Å². The van der Waals surface area contributed by atoms with Gasteiger partial charge in [-0.05, 0) is 45.0 Å². The molecule has 18 heavy (non-hydrogen) atoms. The predicted molar refractivity (Wildman–Crippen MR) is 71.3 cm³/mol. The summed E-state index contributed by atoms with van der Waals surface area (Å²) in [5, 5.41) is 5.87. The fraction of sp³-hybridized carbons (Fsp3) is 0.385. The topological polar surface area (TPSA) is 84.2 Å². The van der Waals surface area contributed by atoms with Gasteiger partial charge in [-0.1, -0.05) is 0 Å². The lowest BCUT2D eigenvalue weighted by atomic mass is 10.2. The summed E-state index contributed by atoms with van der Waals surface area (Å²) in [4.78, 5) is 22.6. The number of rotatable bonds is 5. The second-order valence-corrected chi connectivity index (χ2v) is 4.47. The molecule has 5 nitrogen and oxygen atoms in total. The summed E-state index contributed by atoms with van der Waals surface area (Å²) < 4.78 is 0. The molecule has 0 fully saturated rings. The van der Waals surface area contributed by atoms with Gasteiger partial charge >= 0.3 is 0 Å². The number of carbonyl (C=O) groups is 2. The summed E-state index contributed by atoms with van der Waals surface area (Å²) in [6.07, 6.45) is 0. The zero-order valence-electron chi connectivity index (χ0n) is 10.9. The Kier molecular flexibility index (Phi) is 4.71. The van der Waals surface area contributed by atoms with Crippen LogP contribution in [-0.2, 0) is 4.79 Å². The average Bonchev–Trinajstić information content (AvgIpc) is 2.28. The predicted octanol–water partition coefficient (Wildman–Crippen LogP) is 1.11. The van der Waals surface area contributed by atoms with E-state index >= 15 is 0 Å². The fourth-order valence-electron chi connectivity index (χ4n) is 1.46. The van der Waals surface area contributed by atoms with Crippen LogP contribution in [0.3, 0.4) is 0 Å². The molecule has 5 heteroatoms. The van der Waals surface area contributed by atoms with Crippen molar-refractivity contribution < 1.29 is 9.59 Å². The van der Waals surface area contributed by atoms with Crippen molar-refractivity contribution in [3.8, 4) is 0 Å². The molecule has 0 spiro atoms. The summed E-state index contributed by atoms with van der Waals surface area (Å²) in [6, 6.07) is 6.46. The Bertz CT molecular complexity index is 426. The Morgan fingerprint density at radius 1 is 1.11 bits per heavy atom. The third-order valence-corrected chi connectivity index (χ3v) is 2.38. The highest BCUT2D eigenvalue weighted by atomic mass is 16.2. The van der Waals surface area contributed by atoms with Crippen LogP contribution in [0.5, 0.6) is 0 Å². The largest absolute Gasteiger partial charge is 0.374 e. The molecule has 0 aliphatic heterocycles. The molecule has 0 aliphatic rings.